The fourth-order valence-corrected chi connectivity index (χ4v) is 9.15. The van der Waals surface area contributed by atoms with Gasteiger partial charge in [-0.25, -0.2) is 9.00 Å². The lowest BCUT2D eigenvalue weighted by atomic mass is 9.92. The summed E-state index contributed by atoms with van der Waals surface area (Å²) >= 11 is 0. The van der Waals surface area contributed by atoms with Crippen LogP contribution in [0.3, 0.4) is 0 Å². The number of anilines is 1. The van der Waals surface area contributed by atoms with Gasteiger partial charge in [0.1, 0.15) is 0 Å². The maximum absolute atomic E-state index is 15.0. The second kappa shape index (κ2) is 12.3. The Kier molecular flexibility index (Phi) is 8.56. The summed E-state index contributed by atoms with van der Waals surface area (Å²) in [5, 5.41) is 6.44. The molecule has 0 radical (unpaired) electrons. The number of sulfonamides is 1. The van der Waals surface area contributed by atoms with Gasteiger partial charge >= 0.3 is 5.97 Å². The van der Waals surface area contributed by atoms with Crippen LogP contribution < -0.4 is 5.01 Å². The van der Waals surface area contributed by atoms with E-state index in [1.165, 1.54) is 12.1 Å². The molecular weight excluding hydrogens is 571 g/mol. The van der Waals surface area contributed by atoms with Gasteiger partial charge in [0.2, 0.25) is 0 Å². The highest BCUT2D eigenvalue weighted by atomic mass is 32.3. The number of nitrogens with zero attached hydrogens (tertiary/aromatic N) is 3. The molecule has 5 rings (SSSR count). The highest BCUT2D eigenvalue weighted by Crippen LogP contribution is 2.35. The Morgan fingerprint density at radius 3 is 1.98 bits per heavy atom. The third-order valence-electron chi connectivity index (χ3n) is 6.88. The summed E-state index contributed by atoms with van der Waals surface area (Å²) in [6.45, 7) is 3.69. The fourth-order valence-electron chi connectivity index (χ4n) is 4.87. The molecule has 1 heterocycles. The molecule has 8 nitrogen and oxygen atoms in total. The van der Waals surface area contributed by atoms with E-state index in [0.717, 1.165) is 5.56 Å². The fraction of sp³-hybridized carbons (Fsp3) is 0.188. The van der Waals surface area contributed by atoms with Crippen LogP contribution in [0.5, 0.6) is 0 Å². The standard InChI is InChI=1S/C32H31N3O5S2/c1-3-40-32(36)31-29(30(25-13-7-4-8-14-25)33-35(31)26-15-9-5-10-16-26)23-41(37,27-17-11-6-12-18-27)34-42(38,39)28-21-19-24(2)20-22-28/h4-22,29,31H,3,23H2,1-2H3/t29-,31-,41?/m0/s1. The van der Waals surface area contributed by atoms with Crippen molar-refractivity contribution in [2.75, 3.05) is 17.4 Å². The smallest absolute Gasteiger partial charge is 0.331 e. The van der Waals surface area contributed by atoms with Crippen LogP contribution in [-0.4, -0.2) is 42.7 Å². The maximum Gasteiger partial charge on any atom is 0.331 e. The van der Waals surface area contributed by atoms with E-state index in [1.807, 2.05) is 67.6 Å². The van der Waals surface area contributed by atoms with Crippen molar-refractivity contribution in [2.45, 2.75) is 29.7 Å². The lowest BCUT2D eigenvalue weighted by molar-refractivity contribution is -0.145. The Labute approximate surface area is 246 Å². The van der Waals surface area contributed by atoms with E-state index >= 15 is 0 Å². The van der Waals surface area contributed by atoms with E-state index in [-0.39, 0.29) is 22.2 Å². The summed E-state index contributed by atoms with van der Waals surface area (Å²) < 4.78 is 51.8. The number of esters is 1. The van der Waals surface area contributed by atoms with E-state index < -0.39 is 37.7 Å². The molecule has 1 aliphatic rings. The van der Waals surface area contributed by atoms with Crippen molar-refractivity contribution in [3.63, 3.8) is 0 Å². The third kappa shape index (κ3) is 6.14. The molecule has 216 valence electrons. The quantitative estimate of drug-likeness (QED) is 0.229. The van der Waals surface area contributed by atoms with Crippen LogP contribution in [0, 0.1) is 12.8 Å². The van der Waals surface area contributed by atoms with Crippen molar-refractivity contribution in [1.29, 1.82) is 0 Å². The van der Waals surface area contributed by atoms with Crippen LogP contribution in [0.4, 0.5) is 5.69 Å². The summed E-state index contributed by atoms with van der Waals surface area (Å²) in [6, 6.07) is 32.0. The first-order valence-electron chi connectivity index (χ1n) is 13.5. The number of para-hydroxylation sites is 1. The van der Waals surface area contributed by atoms with E-state index in [9.17, 15) is 17.4 Å². The van der Waals surface area contributed by atoms with E-state index in [2.05, 4.69) is 3.77 Å². The highest BCUT2D eigenvalue weighted by molar-refractivity contribution is 8.03. The van der Waals surface area contributed by atoms with Gasteiger partial charge < -0.3 is 4.74 Å². The SMILES string of the molecule is CCOC(=O)[C@@H]1[C@@H](CS(=O)(=NS(=O)(=O)c2ccc(C)cc2)c2ccccc2)C(c2ccccc2)=NN1c1ccccc1. The van der Waals surface area contributed by atoms with Crippen molar-refractivity contribution in [3.8, 4) is 0 Å². The van der Waals surface area contributed by atoms with Crippen LogP contribution >= 0.6 is 0 Å². The van der Waals surface area contributed by atoms with Gasteiger partial charge in [-0.15, -0.1) is 3.77 Å². The van der Waals surface area contributed by atoms with Gasteiger partial charge in [0.25, 0.3) is 10.0 Å². The number of ether oxygens (including phenoxy) is 1. The molecule has 4 aromatic carbocycles. The van der Waals surface area contributed by atoms with E-state index in [4.69, 9.17) is 9.84 Å². The molecule has 1 aliphatic heterocycles. The Morgan fingerprint density at radius 1 is 0.810 bits per heavy atom. The number of hydrogen-bond donors (Lipinski definition) is 0. The van der Waals surface area contributed by atoms with Crippen LogP contribution in [0.2, 0.25) is 0 Å². The molecule has 0 bridgehead atoms. The zero-order valence-electron chi connectivity index (χ0n) is 23.2. The highest BCUT2D eigenvalue weighted by Gasteiger charge is 2.46. The van der Waals surface area contributed by atoms with Gasteiger partial charge in [-0.05, 0) is 55.8 Å². The lowest BCUT2D eigenvalue weighted by Gasteiger charge is -2.27. The summed E-state index contributed by atoms with van der Waals surface area (Å²) in [6.07, 6.45) is 0. The van der Waals surface area contributed by atoms with Gasteiger partial charge in [-0.2, -0.15) is 13.5 Å². The van der Waals surface area contributed by atoms with Crippen molar-refractivity contribution in [1.82, 2.24) is 0 Å². The average molecular weight is 602 g/mol. The summed E-state index contributed by atoms with van der Waals surface area (Å²) in [7, 11) is -8.01. The number of rotatable bonds is 9. The summed E-state index contributed by atoms with van der Waals surface area (Å²) in [4.78, 5) is 13.8. The monoisotopic (exact) mass is 601 g/mol. The van der Waals surface area contributed by atoms with Crippen LogP contribution in [-0.2, 0) is 29.3 Å². The first kappa shape index (κ1) is 29.2. The van der Waals surface area contributed by atoms with Gasteiger partial charge in [-0.3, -0.25) is 5.01 Å². The van der Waals surface area contributed by atoms with E-state index in [0.29, 0.717) is 17.0 Å². The normalized spacial score (nSPS) is 18.1. The first-order chi connectivity index (χ1) is 20.2. The molecule has 0 fully saturated rings. The molecule has 0 amide bonds. The van der Waals surface area contributed by atoms with Crippen molar-refractivity contribution < 1.29 is 22.2 Å². The number of hydrogen-bond acceptors (Lipinski definition) is 7. The molecule has 3 atom stereocenters. The molecule has 0 spiro atoms. The molecule has 0 aromatic heterocycles. The second-order valence-electron chi connectivity index (χ2n) is 9.82. The average Bonchev–Trinajstić information content (AvgIpc) is 3.37. The lowest BCUT2D eigenvalue weighted by Crippen LogP contribution is -2.44. The zero-order valence-corrected chi connectivity index (χ0v) is 24.9. The second-order valence-corrected chi connectivity index (χ2v) is 13.9. The minimum atomic E-state index is -4.34. The number of carbonyl (C=O) groups excluding carboxylic acids is 1. The number of carbonyl (C=O) groups is 1. The summed E-state index contributed by atoms with van der Waals surface area (Å²) in [5.41, 5.74) is 2.73. The molecule has 1 unspecified atom stereocenters. The largest absolute Gasteiger partial charge is 0.464 e. The molecule has 0 N–H and O–H groups in total. The van der Waals surface area contributed by atoms with Gasteiger partial charge in [0.15, 0.2) is 6.04 Å². The minimum absolute atomic E-state index is 0.0621. The van der Waals surface area contributed by atoms with Crippen molar-refractivity contribution in [2.24, 2.45) is 14.8 Å². The van der Waals surface area contributed by atoms with Crippen molar-refractivity contribution in [3.05, 3.63) is 126 Å². The number of benzene rings is 4. The van der Waals surface area contributed by atoms with Crippen LogP contribution in [0.1, 0.15) is 18.1 Å². The third-order valence-corrected chi connectivity index (χ3v) is 11.3. The summed E-state index contributed by atoms with van der Waals surface area (Å²) in [5.74, 6) is -1.67. The molecule has 10 heteroatoms. The first-order valence-corrected chi connectivity index (χ1v) is 16.6. The van der Waals surface area contributed by atoms with Gasteiger partial charge in [-0.1, -0.05) is 84.4 Å². The molecule has 4 aromatic rings. The molecule has 0 aliphatic carbocycles. The van der Waals surface area contributed by atoms with Crippen LogP contribution in [0.25, 0.3) is 0 Å². The predicted octanol–water partition coefficient (Wildman–Crippen LogP) is 5.68. The van der Waals surface area contributed by atoms with E-state index in [1.54, 1.807) is 54.4 Å². The Morgan fingerprint density at radius 2 is 1.38 bits per heavy atom. The molecule has 0 saturated heterocycles. The van der Waals surface area contributed by atoms with Crippen molar-refractivity contribution >= 4 is 37.1 Å². The molecule has 0 saturated carbocycles. The molecular formula is C32H31N3O5S2. The minimum Gasteiger partial charge on any atom is -0.464 e. The Balaban J connectivity index is 1.71. The van der Waals surface area contributed by atoms with Gasteiger partial charge in [0.05, 0.1) is 32.6 Å². The van der Waals surface area contributed by atoms with Crippen LogP contribution in [0.15, 0.2) is 134 Å². The topological polar surface area (TPSA) is 105 Å². The Bertz CT molecular complexity index is 1800. The van der Waals surface area contributed by atoms with Gasteiger partial charge in [0, 0.05) is 16.6 Å². The zero-order chi connectivity index (χ0) is 29.7. The number of aryl methyl sites for hydroxylation is 1. The predicted molar refractivity (Wildman–Crippen MR) is 164 cm³/mol. The Hall–Kier alpha value is -4.28. The maximum atomic E-state index is 15.0. The molecule has 42 heavy (non-hydrogen) atoms. The number of hydrazone groups is 1.